The minimum Gasteiger partial charge on any atom is -0.376 e. The van der Waals surface area contributed by atoms with E-state index in [4.69, 9.17) is 4.74 Å². The Hall–Kier alpha value is -1.51. The summed E-state index contributed by atoms with van der Waals surface area (Å²) in [4.78, 5) is 13.5. The molecule has 1 aliphatic heterocycles. The summed E-state index contributed by atoms with van der Waals surface area (Å²) in [5, 5.41) is 0. The Balaban J connectivity index is 1.42. The maximum atomic E-state index is 13.6. The average Bonchev–Trinajstić information content (AvgIpc) is 3.29. The third kappa shape index (κ3) is 4.99. The fourth-order valence-corrected chi connectivity index (χ4v) is 3.95. The first-order chi connectivity index (χ1) is 12.0. The molecule has 1 unspecified atom stereocenters. The summed E-state index contributed by atoms with van der Waals surface area (Å²) in [5.41, 5.74) is 0. The van der Waals surface area contributed by atoms with Crippen molar-refractivity contribution in [2.24, 2.45) is 5.92 Å². The zero-order valence-corrected chi connectivity index (χ0v) is 14.8. The van der Waals surface area contributed by atoms with E-state index < -0.39 is 20.7 Å². The van der Waals surface area contributed by atoms with Gasteiger partial charge in [-0.25, -0.2) is 17.5 Å². The molecular weight excluding hydrogens is 347 g/mol. The van der Waals surface area contributed by atoms with Crippen LogP contribution in [-0.2, 0) is 19.6 Å². The number of hydrogen-bond acceptors (Lipinski definition) is 4. The molecule has 2 aliphatic rings. The molecule has 6 nitrogen and oxygen atoms in total. The number of amides is 1. The van der Waals surface area contributed by atoms with Crippen LogP contribution in [-0.4, -0.2) is 51.6 Å². The van der Waals surface area contributed by atoms with Crippen LogP contribution in [0.5, 0.6) is 0 Å². The van der Waals surface area contributed by atoms with Crippen molar-refractivity contribution in [3.63, 3.8) is 0 Å². The molecule has 2 fully saturated rings. The van der Waals surface area contributed by atoms with Crippen molar-refractivity contribution in [1.29, 1.82) is 0 Å². The Bertz CT molecular complexity index is 721. The van der Waals surface area contributed by atoms with Crippen molar-refractivity contribution in [1.82, 2.24) is 9.62 Å². The zero-order valence-electron chi connectivity index (χ0n) is 14.0. The topological polar surface area (TPSA) is 75.7 Å². The van der Waals surface area contributed by atoms with Crippen molar-refractivity contribution in [3.8, 4) is 0 Å². The van der Waals surface area contributed by atoms with Gasteiger partial charge in [-0.3, -0.25) is 4.79 Å². The molecule has 8 heteroatoms. The summed E-state index contributed by atoms with van der Waals surface area (Å²) in [6.45, 7) is 1.91. The molecule has 0 bridgehead atoms. The van der Waals surface area contributed by atoms with Crippen LogP contribution in [0.1, 0.15) is 25.7 Å². The minimum atomic E-state index is -3.95. The van der Waals surface area contributed by atoms with Crippen molar-refractivity contribution >= 4 is 15.9 Å². The quantitative estimate of drug-likeness (QED) is 0.753. The number of carbonyl (C=O) groups is 1. The van der Waals surface area contributed by atoms with Crippen molar-refractivity contribution < 1.29 is 22.3 Å². The number of ether oxygens (including phenoxy) is 1. The average molecular weight is 370 g/mol. The molecule has 0 aromatic heterocycles. The van der Waals surface area contributed by atoms with Gasteiger partial charge in [0.15, 0.2) is 0 Å². The molecule has 1 N–H and O–H groups in total. The molecule has 1 aromatic carbocycles. The van der Waals surface area contributed by atoms with Crippen molar-refractivity contribution in [3.05, 3.63) is 30.1 Å². The molecule has 1 heterocycles. The van der Waals surface area contributed by atoms with Crippen molar-refractivity contribution in [2.75, 3.05) is 26.2 Å². The van der Waals surface area contributed by atoms with Gasteiger partial charge in [0, 0.05) is 32.7 Å². The summed E-state index contributed by atoms with van der Waals surface area (Å²) in [5.74, 6) is -0.234. The van der Waals surface area contributed by atoms with Gasteiger partial charge in [0.2, 0.25) is 15.9 Å². The van der Waals surface area contributed by atoms with Crippen LogP contribution in [0.3, 0.4) is 0 Å². The van der Waals surface area contributed by atoms with E-state index in [1.54, 1.807) is 4.90 Å². The highest BCUT2D eigenvalue weighted by Gasteiger charge is 2.29. The maximum Gasteiger partial charge on any atom is 0.243 e. The van der Waals surface area contributed by atoms with Crippen molar-refractivity contribution in [2.45, 2.75) is 36.7 Å². The van der Waals surface area contributed by atoms with Crippen LogP contribution < -0.4 is 4.72 Å². The number of sulfonamides is 1. The largest absolute Gasteiger partial charge is 0.376 e. The minimum absolute atomic E-state index is 0.0447. The van der Waals surface area contributed by atoms with E-state index in [0.29, 0.717) is 19.0 Å². The second kappa shape index (κ2) is 7.80. The molecular formula is C17H23FN2O4S. The van der Waals surface area contributed by atoms with Gasteiger partial charge in [0.1, 0.15) is 10.7 Å². The molecule has 1 aromatic rings. The number of carbonyl (C=O) groups excluding carboxylic acids is 1. The highest BCUT2D eigenvalue weighted by molar-refractivity contribution is 7.89. The van der Waals surface area contributed by atoms with Crippen LogP contribution in [0.15, 0.2) is 29.2 Å². The molecule has 1 amide bonds. The first-order valence-electron chi connectivity index (χ1n) is 8.59. The SMILES string of the molecule is O=C(CCNS(=O)(=O)c1ccccc1F)N1CCC(OCC2CC2)C1. The molecule has 1 atom stereocenters. The Kier molecular flexibility index (Phi) is 5.71. The van der Waals surface area contributed by atoms with E-state index in [0.717, 1.165) is 19.1 Å². The normalized spacial score (nSPS) is 20.8. The Morgan fingerprint density at radius 1 is 1.28 bits per heavy atom. The van der Waals surface area contributed by atoms with Crippen LogP contribution >= 0.6 is 0 Å². The van der Waals surface area contributed by atoms with Crippen LogP contribution in [0.2, 0.25) is 0 Å². The third-order valence-electron chi connectivity index (χ3n) is 4.52. The number of hydrogen-bond donors (Lipinski definition) is 1. The predicted octanol–water partition coefficient (Wildman–Crippen LogP) is 1.52. The number of nitrogens with one attached hydrogen (secondary N) is 1. The standard InChI is InChI=1S/C17H23FN2O4S/c18-15-3-1-2-4-16(15)25(22,23)19-9-7-17(21)20-10-8-14(11-20)24-12-13-5-6-13/h1-4,13-14,19H,5-12H2. The molecule has 138 valence electrons. The van der Waals surface area contributed by atoms with Gasteiger partial charge >= 0.3 is 0 Å². The Morgan fingerprint density at radius 3 is 2.76 bits per heavy atom. The smallest absolute Gasteiger partial charge is 0.243 e. The number of benzene rings is 1. The lowest BCUT2D eigenvalue weighted by atomic mass is 10.3. The lowest BCUT2D eigenvalue weighted by molar-refractivity contribution is -0.130. The van der Waals surface area contributed by atoms with Gasteiger partial charge in [0.25, 0.3) is 0 Å². The summed E-state index contributed by atoms with van der Waals surface area (Å²) < 4.78 is 45.8. The Morgan fingerprint density at radius 2 is 2.04 bits per heavy atom. The second-order valence-electron chi connectivity index (χ2n) is 6.61. The predicted molar refractivity (Wildman–Crippen MR) is 89.9 cm³/mol. The molecule has 1 saturated heterocycles. The van der Waals surface area contributed by atoms with E-state index in [2.05, 4.69) is 4.72 Å². The highest BCUT2D eigenvalue weighted by Crippen LogP contribution is 2.30. The van der Waals surface area contributed by atoms with Crippen LogP contribution in [0.25, 0.3) is 0 Å². The fourth-order valence-electron chi connectivity index (χ4n) is 2.84. The van der Waals surface area contributed by atoms with E-state index in [1.165, 1.54) is 31.0 Å². The molecule has 0 spiro atoms. The monoisotopic (exact) mass is 370 g/mol. The lowest BCUT2D eigenvalue weighted by Crippen LogP contribution is -2.34. The molecule has 1 saturated carbocycles. The number of likely N-dealkylation sites (tertiary alicyclic amines) is 1. The van der Waals surface area contributed by atoms with E-state index >= 15 is 0 Å². The maximum absolute atomic E-state index is 13.6. The second-order valence-corrected chi connectivity index (χ2v) is 8.34. The molecule has 3 rings (SSSR count). The first kappa shape index (κ1) is 18.3. The lowest BCUT2D eigenvalue weighted by Gasteiger charge is -2.17. The van der Waals surface area contributed by atoms with Gasteiger partial charge in [-0.2, -0.15) is 0 Å². The summed E-state index contributed by atoms with van der Waals surface area (Å²) in [6.07, 6.45) is 3.41. The first-order valence-corrected chi connectivity index (χ1v) is 10.1. The van der Waals surface area contributed by atoms with Gasteiger partial charge in [-0.05, 0) is 37.3 Å². The fraction of sp³-hybridized carbons (Fsp3) is 0.588. The van der Waals surface area contributed by atoms with E-state index in [-0.39, 0.29) is 25.0 Å². The van der Waals surface area contributed by atoms with Crippen LogP contribution in [0.4, 0.5) is 4.39 Å². The van der Waals surface area contributed by atoms with Gasteiger partial charge in [-0.15, -0.1) is 0 Å². The summed E-state index contributed by atoms with van der Waals surface area (Å²) in [7, 11) is -3.95. The molecule has 25 heavy (non-hydrogen) atoms. The van der Waals surface area contributed by atoms with Gasteiger partial charge in [-0.1, -0.05) is 12.1 Å². The molecule has 0 radical (unpaired) electrons. The number of nitrogens with zero attached hydrogens (tertiary/aromatic N) is 1. The highest BCUT2D eigenvalue weighted by atomic mass is 32.2. The Labute approximate surface area is 147 Å². The van der Waals surface area contributed by atoms with E-state index in [9.17, 15) is 17.6 Å². The molecule has 1 aliphatic carbocycles. The third-order valence-corrected chi connectivity index (χ3v) is 6.01. The van der Waals surface area contributed by atoms with Gasteiger partial charge in [0.05, 0.1) is 6.10 Å². The van der Waals surface area contributed by atoms with E-state index in [1.807, 2.05) is 0 Å². The zero-order chi connectivity index (χ0) is 17.9. The number of rotatable bonds is 8. The van der Waals surface area contributed by atoms with Crippen LogP contribution in [0, 0.1) is 11.7 Å². The summed E-state index contributed by atoms with van der Waals surface area (Å²) >= 11 is 0. The van der Waals surface area contributed by atoms with Gasteiger partial charge < -0.3 is 9.64 Å². The summed E-state index contributed by atoms with van der Waals surface area (Å²) in [6, 6.07) is 5.16. The number of halogens is 1.